The highest BCUT2D eigenvalue weighted by Gasteiger charge is 2.40. The van der Waals surface area contributed by atoms with Crippen molar-refractivity contribution >= 4 is 11.9 Å². The highest BCUT2D eigenvalue weighted by atomic mass is 16.4. The minimum Gasteiger partial charge on any atom is -0.480 e. The van der Waals surface area contributed by atoms with Crippen LogP contribution in [0.3, 0.4) is 0 Å². The standard InChI is InChI=1S/C11H19NO4/c1-3-7(4-2)10(14)12-6-8(13)5-9(12)11(15)16/h7-9,13H,3-6H2,1-2H3,(H,15,16)/t8?,9-/m0/s1. The molecule has 0 bridgehead atoms. The number of hydrogen-bond acceptors (Lipinski definition) is 3. The van der Waals surface area contributed by atoms with Gasteiger partial charge in [-0.15, -0.1) is 0 Å². The molecule has 2 atom stereocenters. The third kappa shape index (κ3) is 2.52. The van der Waals surface area contributed by atoms with Gasteiger partial charge in [0.05, 0.1) is 6.10 Å². The lowest BCUT2D eigenvalue weighted by Gasteiger charge is -2.25. The van der Waals surface area contributed by atoms with Crippen LogP contribution in [0.15, 0.2) is 0 Å². The van der Waals surface area contributed by atoms with Gasteiger partial charge < -0.3 is 15.1 Å². The second kappa shape index (κ2) is 5.30. The molecule has 1 rings (SSSR count). The van der Waals surface area contributed by atoms with Gasteiger partial charge in [-0.1, -0.05) is 13.8 Å². The van der Waals surface area contributed by atoms with E-state index in [-0.39, 0.29) is 24.8 Å². The largest absolute Gasteiger partial charge is 0.480 e. The van der Waals surface area contributed by atoms with Crippen LogP contribution in [0, 0.1) is 5.92 Å². The summed E-state index contributed by atoms with van der Waals surface area (Å²) in [6.45, 7) is 3.97. The molecule has 5 nitrogen and oxygen atoms in total. The van der Waals surface area contributed by atoms with Gasteiger partial charge in [0.2, 0.25) is 5.91 Å². The van der Waals surface area contributed by atoms with Crippen molar-refractivity contribution in [1.29, 1.82) is 0 Å². The number of β-amino-alcohol motifs (C(OH)–C–C–N with tert-alkyl or cyclic N) is 1. The smallest absolute Gasteiger partial charge is 0.326 e. The third-order valence-electron chi connectivity index (χ3n) is 3.18. The summed E-state index contributed by atoms with van der Waals surface area (Å²) in [6.07, 6.45) is 0.837. The van der Waals surface area contributed by atoms with E-state index in [2.05, 4.69) is 0 Å². The summed E-state index contributed by atoms with van der Waals surface area (Å²) >= 11 is 0. The Morgan fingerprint density at radius 2 is 1.94 bits per heavy atom. The summed E-state index contributed by atoms with van der Waals surface area (Å²) in [6, 6.07) is -0.858. The van der Waals surface area contributed by atoms with E-state index in [1.54, 1.807) is 0 Å². The summed E-state index contributed by atoms with van der Waals surface area (Å²) in [4.78, 5) is 24.3. The molecule has 1 unspecified atom stereocenters. The number of carboxylic acids is 1. The number of aliphatic hydroxyl groups is 1. The third-order valence-corrected chi connectivity index (χ3v) is 3.18. The monoisotopic (exact) mass is 229 g/mol. The molecule has 0 aliphatic carbocycles. The summed E-state index contributed by atoms with van der Waals surface area (Å²) < 4.78 is 0. The van der Waals surface area contributed by atoms with Gasteiger partial charge in [0, 0.05) is 18.9 Å². The quantitative estimate of drug-likeness (QED) is 0.734. The topological polar surface area (TPSA) is 77.8 Å². The lowest BCUT2D eigenvalue weighted by Crippen LogP contribution is -2.43. The lowest BCUT2D eigenvalue weighted by atomic mass is 10.0. The van der Waals surface area contributed by atoms with Crippen molar-refractivity contribution in [2.75, 3.05) is 6.54 Å². The minimum absolute atomic E-state index is 0.132. The number of carboxylic acid groups (broad SMARTS) is 1. The number of aliphatic hydroxyl groups excluding tert-OH is 1. The number of nitrogens with zero attached hydrogens (tertiary/aromatic N) is 1. The van der Waals surface area contributed by atoms with Crippen molar-refractivity contribution in [3.05, 3.63) is 0 Å². The van der Waals surface area contributed by atoms with Crippen LogP contribution in [0.2, 0.25) is 0 Å². The summed E-state index contributed by atoms with van der Waals surface area (Å²) in [5.74, 6) is -1.31. The zero-order valence-corrected chi connectivity index (χ0v) is 9.72. The Labute approximate surface area is 95.1 Å². The van der Waals surface area contributed by atoms with Crippen molar-refractivity contribution in [2.45, 2.75) is 45.3 Å². The second-order valence-corrected chi connectivity index (χ2v) is 4.25. The zero-order valence-electron chi connectivity index (χ0n) is 9.72. The van der Waals surface area contributed by atoms with Crippen LogP contribution in [0.1, 0.15) is 33.1 Å². The van der Waals surface area contributed by atoms with E-state index in [4.69, 9.17) is 5.11 Å². The molecule has 92 valence electrons. The number of hydrogen-bond donors (Lipinski definition) is 2. The maximum Gasteiger partial charge on any atom is 0.326 e. The van der Waals surface area contributed by atoms with Crippen LogP contribution in [0.4, 0.5) is 0 Å². The van der Waals surface area contributed by atoms with Crippen molar-refractivity contribution in [3.8, 4) is 0 Å². The maximum atomic E-state index is 12.0. The predicted molar refractivity (Wildman–Crippen MR) is 57.8 cm³/mol. The van der Waals surface area contributed by atoms with Crippen LogP contribution in [-0.4, -0.2) is 45.7 Å². The Hall–Kier alpha value is -1.10. The average molecular weight is 229 g/mol. The molecule has 0 aromatic heterocycles. The van der Waals surface area contributed by atoms with E-state index in [0.29, 0.717) is 12.8 Å². The van der Waals surface area contributed by atoms with Crippen molar-refractivity contribution in [1.82, 2.24) is 4.90 Å². The van der Waals surface area contributed by atoms with Gasteiger partial charge in [0.15, 0.2) is 0 Å². The molecule has 2 N–H and O–H groups in total. The van der Waals surface area contributed by atoms with Crippen LogP contribution in [-0.2, 0) is 9.59 Å². The summed E-state index contributed by atoms with van der Waals surface area (Å²) in [5, 5.41) is 18.4. The molecular weight excluding hydrogens is 210 g/mol. The van der Waals surface area contributed by atoms with E-state index in [1.165, 1.54) is 4.90 Å². The van der Waals surface area contributed by atoms with Gasteiger partial charge in [-0.05, 0) is 12.8 Å². The molecule has 1 saturated heterocycles. The van der Waals surface area contributed by atoms with Gasteiger partial charge in [0.25, 0.3) is 0 Å². The van der Waals surface area contributed by atoms with E-state index >= 15 is 0 Å². The highest BCUT2D eigenvalue weighted by molar-refractivity contribution is 5.85. The van der Waals surface area contributed by atoms with Crippen LogP contribution >= 0.6 is 0 Å². The number of rotatable bonds is 4. The fraction of sp³-hybridized carbons (Fsp3) is 0.818. The van der Waals surface area contributed by atoms with Crippen LogP contribution < -0.4 is 0 Å². The van der Waals surface area contributed by atoms with Crippen molar-refractivity contribution < 1.29 is 19.8 Å². The fourth-order valence-electron chi connectivity index (χ4n) is 2.16. The van der Waals surface area contributed by atoms with Crippen LogP contribution in [0.25, 0.3) is 0 Å². The Morgan fingerprint density at radius 1 is 1.38 bits per heavy atom. The molecule has 1 fully saturated rings. The normalized spacial score (nSPS) is 25.1. The first kappa shape index (κ1) is 13.0. The van der Waals surface area contributed by atoms with Gasteiger partial charge in [-0.3, -0.25) is 4.79 Å². The molecule has 1 aliphatic rings. The molecule has 1 heterocycles. The van der Waals surface area contributed by atoms with Gasteiger partial charge in [-0.2, -0.15) is 0 Å². The number of aliphatic carboxylic acids is 1. The minimum atomic E-state index is -1.03. The number of likely N-dealkylation sites (tertiary alicyclic amines) is 1. The number of amides is 1. The Morgan fingerprint density at radius 3 is 2.38 bits per heavy atom. The molecule has 16 heavy (non-hydrogen) atoms. The molecule has 1 amide bonds. The van der Waals surface area contributed by atoms with E-state index < -0.39 is 18.1 Å². The predicted octanol–water partition coefficient (Wildman–Crippen LogP) is 0.469. The molecule has 5 heteroatoms. The van der Waals surface area contributed by atoms with E-state index in [9.17, 15) is 14.7 Å². The first-order valence-electron chi connectivity index (χ1n) is 5.72. The summed E-state index contributed by atoms with van der Waals surface area (Å²) in [5.41, 5.74) is 0. The molecule has 0 radical (unpaired) electrons. The molecule has 1 aliphatic heterocycles. The zero-order chi connectivity index (χ0) is 12.3. The molecule has 0 spiro atoms. The van der Waals surface area contributed by atoms with Crippen molar-refractivity contribution in [3.63, 3.8) is 0 Å². The number of carbonyl (C=O) groups excluding carboxylic acids is 1. The first-order chi connectivity index (χ1) is 7.51. The average Bonchev–Trinajstić information content (AvgIpc) is 2.62. The second-order valence-electron chi connectivity index (χ2n) is 4.25. The molecule has 0 saturated carbocycles. The first-order valence-corrected chi connectivity index (χ1v) is 5.72. The lowest BCUT2D eigenvalue weighted by molar-refractivity contribution is -0.150. The Bertz CT molecular complexity index is 275. The van der Waals surface area contributed by atoms with Gasteiger partial charge in [-0.25, -0.2) is 4.79 Å². The van der Waals surface area contributed by atoms with Crippen LogP contribution in [0.5, 0.6) is 0 Å². The maximum absolute atomic E-state index is 12.0. The Kier molecular flexibility index (Phi) is 4.29. The van der Waals surface area contributed by atoms with E-state index in [1.807, 2.05) is 13.8 Å². The Balaban J connectivity index is 2.77. The fourth-order valence-corrected chi connectivity index (χ4v) is 2.16. The SMILES string of the molecule is CCC(CC)C(=O)N1CC(O)C[C@H]1C(=O)O. The molecular formula is C11H19NO4. The summed E-state index contributed by atoms with van der Waals surface area (Å²) in [7, 11) is 0. The van der Waals surface area contributed by atoms with Gasteiger partial charge >= 0.3 is 5.97 Å². The molecule has 0 aromatic rings. The van der Waals surface area contributed by atoms with Crippen molar-refractivity contribution in [2.24, 2.45) is 5.92 Å². The van der Waals surface area contributed by atoms with Gasteiger partial charge in [0.1, 0.15) is 6.04 Å². The number of carbonyl (C=O) groups is 2. The van der Waals surface area contributed by atoms with E-state index in [0.717, 1.165) is 0 Å². The molecule has 0 aromatic carbocycles. The highest BCUT2D eigenvalue weighted by Crippen LogP contribution is 2.22.